The molecule has 0 radical (unpaired) electrons. The van der Waals surface area contributed by atoms with Crippen molar-refractivity contribution in [3.8, 4) is 0 Å². The highest BCUT2D eigenvalue weighted by Crippen LogP contribution is 2.43. The molecule has 0 aliphatic rings. The summed E-state index contributed by atoms with van der Waals surface area (Å²) in [5.41, 5.74) is 5.32. The lowest BCUT2D eigenvalue weighted by molar-refractivity contribution is -0.161. The summed E-state index contributed by atoms with van der Waals surface area (Å²) in [7, 11) is -4.74. The van der Waals surface area contributed by atoms with E-state index in [2.05, 4.69) is 60.1 Å². The van der Waals surface area contributed by atoms with Gasteiger partial charge in [0.1, 0.15) is 12.6 Å². The number of rotatable bonds is 40. The minimum atomic E-state index is -4.74. The number of aliphatic carboxylic acids is 1. The summed E-state index contributed by atoms with van der Waals surface area (Å²) in [4.78, 5) is 45.9. The number of ether oxygens (including phenoxy) is 2. The zero-order valence-corrected chi connectivity index (χ0v) is 35.8. The molecule has 0 aliphatic heterocycles. The van der Waals surface area contributed by atoms with E-state index in [-0.39, 0.29) is 26.1 Å². The van der Waals surface area contributed by atoms with Crippen LogP contribution in [0, 0.1) is 0 Å². The maximum Gasteiger partial charge on any atom is 0.472 e. The summed E-state index contributed by atoms with van der Waals surface area (Å²) < 4.78 is 32.6. The number of hydrogen-bond donors (Lipinski definition) is 4. The number of aliphatic hydroxyl groups is 1. The zero-order valence-electron chi connectivity index (χ0n) is 34.9. The molecule has 328 valence electrons. The van der Waals surface area contributed by atoms with Crippen LogP contribution < -0.4 is 5.73 Å². The fourth-order valence-corrected chi connectivity index (χ4v) is 6.16. The lowest BCUT2D eigenvalue weighted by atomic mass is 10.1. The van der Waals surface area contributed by atoms with E-state index in [1.54, 1.807) is 0 Å². The maximum atomic E-state index is 12.6. The Kier molecular flexibility index (Phi) is 37.9. The van der Waals surface area contributed by atoms with Gasteiger partial charge < -0.3 is 30.3 Å². The second-order valence-corrected chi connectivity index (χ2v) is 15.6. The van der Waals surface area contributed by atoms with Crippen molar-refractivity contribution in [1.82, 2.24) is 0 Å². The number of nitrogens with two attached hydrogens (primary N) is 1. The quantitative estimate of drug-likeness (QED) is 0.0198. The number of carbonyl (C=O) groups excluding carboxylic acids is 2. The Bertz CT molecular complexity index is 1200. The lowest BCUT2D eigenvalue weighted by Crippen LogP contribution is -2.34. The second-order valence-electron chi connectivity index (χ2n) is 14.2. The van der Waals surface area contributed by atoms with Gasteiger partial charge in [-0.15, -0.1) is 0 Å². The van der Waals surface area contributed by atoms with Gasteiger partial charge in [0.25, 0.3) is 0 Å². The van der Waals surface area contributed by atoms with Gasteiger partial charge in [0.15, 0.2) is 6.10 Å². The van der Waals surface area contributed by atoms with E-state index in [0.29, 0.717) is 19.3 Å². The highest BCUT2D eigenvalue weighted by molar-refractivity contribution is 7.47. The summed E-state index contributed by atoms with van der Waals surface area (Å²) in [6.45, 7) is 0.724. The first-order valence-corrected chi connectivity index (χ1v) is 22.9. The van der Waals surface area contributed by atoms with Gasteiger partial charge in [-0.25, -0.2) is 4.57 Å². The van der Waals surface area contributed by atoms with Crippen LogP contribution in [0.5, 0.6) is 0 Å². The van der Waals surface area contributed by atoms with E-state index in [1.807, 2.05) is 12.2 Å². The molecule has 0 fully saturated rings. The molecule has 0 heterocycles. The smallest absolute Gasteiger partial charge is 0.472 e. The van der Waals surface area contributed by atoms with Crippen LogP contribution in [0.25, 0.3) is 0 Å². The molecule has 0 bridgehead atoms. The largest absolute Gasteiger partial charge is 0.480 e. The van der Waals surface area contributed by atoms with Gasteiger partial charge in [-0.1, -0.05) is 125 Å². The molecule has 5 N–H and O–H groups in total. The Labute approximate surface area is 343 Å². The van der Waals surface area contributed by atoms with E-state index < -0.39 is 51.1 Å². The number of phosphoric acid groups is 1. The van der Waals surface area contributed by atoms with Gasteiger partial charge in [-0.2, -0.15) is 0 Å². The van der Waals surface area contributed by atoms with Gasteiger partial charge in [0.05, 0.1) is 13.2 Å². The van der Waals surface area contributed by atoms with Crippen LogP contribution in [0.15, 0.2) is 60.8 Å². The minimum absolute atomic E-state index is 0.133. The van der Waals surface area contributed by atoms with Crippen LogP contribution in [-0.4, -0.2) is 71.6 Å². The number of carboxylic acids is 1. The third-order valence-corrected chi connectivity index (χ3v) is 9.74. The Morgan fingerprint density at radius 2 is 1.02 bits per heavy atom. The zero-order chi connectivity index (χ0) is 42.1. The second kappa shape index (κ2) is 39.9. The molecule has 13 heteroatoms. The SMILES string of the molecule is CCCCCC/C=C\CCCCCCCCCC(=O)O[C@H](COC(=O)CCC/C=C\C/C=C\C/C=C\C/C=C\CCCCCO)COP(=O)(O)OC[C@H](N)C(=O)O. The Balaban J connectivity index is 4.47. The lowest BCUT2D eigenvalue weighted by Gasteiger charge is -2.20. The summed E-state index contributed by atoms with van der Waals surface area (Å²) >= 11 is 0. The average Bonchev–Trinajstić information content (AvgIpc) is 3.19. The average molecular weight is 826 g/mol. The molecule has 0 saturated carbocycles. The van der Waals surface area contributed by atoms with Crippen molar-refractivity contribution < 1.29 is 52.6 Å². The molecular formula is C44H76NO11P. The number of hydrogen-bond acceptors (Lipinski definition) is 10. The van der Waals surface area contributed by atoms with E-state index in [9.17, 15) is 23.8 Å². The van der Waals surface area contributed by atoms with Crippen molar-refractivity contribution in [2.45, 2.75) is 173 Å². The van der Waals surface area contributed by atoms with E-state index in [4.69, 9.17) is 29.9 Å². The molecule has 0 rings (SSSR count). The number of carboxylic acid groups (broad SMARTS) is 1. The van der Waals surface area contributed by atoms with Crippen molar-refractivity contribution in [2.24, 2.45) is 5.73 Å². The summed E-state index contributed by atoms with van der Waals surface area (Å²) in [6.07, 6.45) is 43.0. The van der Waals surface area contributed by atoms with Crippen molar-refractivity contribution in [2.75, 3.05) is 26.4 Å². The van der Waals surface area contributed by atoms with Crippen molar-refractivity contribution >= 4 is 25.7 Å². The van der Waals surface area contributed by atoms with Crippen LogP contribution in [0.2, 0.25) is 0 Å². The van der Waals surface area contributed by atoms with Crippen LogP contribution >= 0.6 is 7.82 Å². The first-order valence-electron chi connectivity index (χ1n) is 21.4. The highest BCUT2D eigenvalue weighted by Gasteiger charge is 2.28. The summed E-state index contributed by atoms with van der Waals surface area (Å²) in [6, 6.07) is -1.54. The highest BCUT2D eigenvalue weighted by atomic mass is 31.2. The van der Waals surface area contributed by atoms with Gasteiger partial charge in [0, 0.05) is 19.4 Å². The molecule has 3 atom stereocenters. The van der Waals surface area contributed by atoms with Crippen molar-refractivity contribution in [3.63, 3.8) is 0 Å². The number of phosphoric ester groups is 1. The number of allylic oxidation sites excluding steroid dienone is 10. The first kappa shape index (κ1) is 54.1. The van der Waals surface area contributed by atoms with Crippen molar-refractivity contribution in [3.05, 3.63) is 60.8 Å². The van der Waals surface area contributed by atoms with Crippen LogP contribution in [0.4, 0.5) is 0 Å². The van der Waals surface area contributed by atoms with Crippen molar-refractivity contribution in [1.29, 1.82) is 0 Å². The number of aliphatic hydroxyl groups excluding tert-OH is 1. The molecule has 57 heavy (non-hydrogen) atoms. The molecule has 0 aliphatic carbocycles. The third kappa shape index (κ3) is 39.7. The molecule has 0 saturated heterocycles. The standard InChI is InChI=1S/C44H76NO11P/c1-2-3-4-5-6-7-8-9-13-17-20-23-26-29-32-35-43(48)56-40(38-54-57(51,52)55-39-41(45)44(49)50)37-53-42(47)34-31-28-25-22-19-16-14-11-10-12-15-18-21-24-27-30-33-36-46/h7-8,10,12,14,16,18,21-22,25,40-41,46H,2-6,9,11,13,15,17,19-20,23-24,26-39,45H2,1H3,(H,49,50)(H,51,52)/b8-7-,12-10-,16-14-,21-18-,25-22-/t40-,41+/m1/s1. The molecule has 0 aromatic rings. The van der Waals surface area contributed by atoms with E-state index >= 15 is 0 Å². The monoisotopic (exact) mass is 826 g/mol. The van der Waals surface area contributed by atoms with E-state index in [1.165, 1.54) is 44.9 Å². The minimum Gasteiger partial charge on any atom is -0.480 e. The molecule has 1 unspecified atom stereocenters. The van der Waals surface area contributed by atoms with Crippen LogP contribution in [-0.2, 0) is 37.5 Å². The normalized spacial score (nSPS) is 14.3. The fraction of sp³-hybridized carbons (Fsp3) is 0.705. The maximum absolute atomic E-state index is 12.6. The number of esters is 2. The Morgan fingerprint density at radius 3 is 1.56 bits per heavy atom. The molecule has 0 aromatic carbocycles. The molecular weight excluding hydrogens is 749 g/mol. The molecule has 12 nitrogen and oxygen atoms in total. The van der Waals surface area contributed by atoms with Crippen LogP contribution in [0.3, 0.4) is 0 Å². The fourth-order valence-electron chi connectivity index (χ4n) is 5.38. The van der Waals surface area contributed by atoms with Gasteiger partial charge in [0.2, 0.25) is 0 Å². The van der Waals surface area contributed by atoms with Gasteiger partial charge in [-0.3, -0.25) is 23.4 Å². The predicted octanol–water partition coefficient (Wildman–Crippen LogP) is 10.1. The number of carbonyl (C=O) groups is 3. The molecule has 0 aromatic heterocycles. The van der Waals surface area contributed by atoms with E-state index in [0.717, 1.165) is 77.0 Å². The van der Waals surface area contributed by atoms with Gasteiger partial charge in [-0.05, 0) is 83.5 Å². The third-order valence-electron chi connectivity index (χ3n) is 8.79. The summed E-state index contributed by atoms with van der Waals surface area (Å²) in [5, 5.41) is 17.7. The Morgan fingerprint density at radius 1 is 0.579 bits per heavy atom. The number of unbranched alkanes of at least 4 members (excludes halogenated alkanes) is 15. The molecule has 0 amide bonds. The predicted molar refractivity (Wildman–Crippen MR) is 227 cm³/mol. The summed E-state index contributed by atoms with van der Waals surface area (Å²) in [5.74, 6) is -2.48. The topological polar surface area (TPSA) is 192 Å². The van der Waals surface area contributed by atoms with Gasteiger partial charge >= 0.3 is 25.7 Å². The Hall–Kier alpha value is -2.86. The first-order chi connectivity index (χ1) is 27.6. The molecule has 0 spiro atoms. The van der Waals surface area contributed by atoms with Crippen LogP contribution in [0.1, 0.15) is 161 Å².